The van der Waals surface area contributed by atoms with Crippen LogP contribution in [0.15, 0.2) is 11.6 Å². The summed E-state index contributed by atoms with van der Waals surface area (Å²) in [6.07, 6.45) is 8.08. The fourth-order valence-corrected chi connectivity index (χ4v) is 10.9. The third-order valence-electron chi connectivity index (χ3n) is 13.8. The van der Waals surface area contributed by atoms with Crippen molar-refractivity contribution < 1.29 is 30.3 Å². The van der Waals surface area contributed by atoms with Crippen LogP contribution in [0, 0.1) is 56.7 Å². The molecule has 6 heteroatoms. The number of fused-ring (bicyclic) bond motifs is 7. The molecule has 0 radical (unpaired) electrons. The molecule has 4 fully saturated rings. The van der Waals surface area contributed by atoms with Gasteiger partial charge in [-0.15, -0.1) is 0 Å². The smallest absolute Gasteiger partial charge is 0.310 e. The van der Waals surface area contributed by atoms with Crippen LogP contribution in [-0.2, 0) is 4.79 Å². The van der Waals surface area contributed by atoms with Crippen LogP contribution < -0.4 is 0 Å². The van der Waals surface area contributed by atoms with Gasteiger partial charge in [0.2, 0.25) is 0 Å². The van der Waals surface area contributed by atoms with Crippen LogP contribution in [0.3, 0.4) is 0 Å². The Hall–Kier alpha value is -0.950. The van der Waals surface area contributed by atoms with Gasteiger partial charge in [0.05, 0.1) is 16.9 Å². The molecule has 4 saturated carbocycles. The van der Waals surface area contributed by atoms with Gasteiger partial charge in [-0.3, -0.25) is 4.79 Å². The number of allylic oxidation sites excluding steroid dienone is 2. The number of aliphatic carboxylic acids is 1. The van der Waals surface area contributed by atoms with Crippen LogP contribution in [-0.4, -0.2) is 43.6 Å². The first-order chi connectivity index (χ1) is 16.5. The number of carboxylic acid groups (broad SMARTS) is 1. The Kier molecular flexibility index (Phi) is 5.77. The predicted molar refractivity (Wildman–Crippen MR) is 136 cm³/mol. The number of hydrogen-bond donors (Lipinski definition) is 5. The molecule has 11 atom stereocenters. The number of hydrogen-bond acceptors (Lipinski definition) is 5. The minimum absolute atomic E-state index is 0.0299. The first-order valence-electron chi connectivity index (χ1n) is 14.3. The molecule has 5 aliphatic carbocycles. The van der Waals surface area contributed by atoms with E-state index in [-0.39, 0.29) is 28.6 Å². The molecule has 0 aliphatic heterocycles. The molecule has 0 heterocycles. The summed E-state index contributed by atoms with van der Waals surface area (Å²) in [5.74, 6) is -2.76. The van der Waals surface area contributed by atoms with Gasteiger partial charge in [0.1, 0.15) is 0 Å². The number of aliphatic hydroxyl groups is 4. The van der Waals surface area contributed by atoms with Crippen molar-refractivity contribution in [1.82, 2.24) is 0 Å². The Morgan fingerprint density at radius 2 is 1.58 bits per heavy atom. The standard InChI is InChI=1S/C30H48O6/c1-17-9-14-29(24(32)33)16-15-25(3)19(23(29)18(17)2)7-8-20-26(25,4)12-10-21-27(5,30(34,35)36)13-11-22(31)28(20,21)6/h7,17-18,20-23,31,34-36H,8-16H2,1-6H3,(H,32,33)/t17-,18+,20+,21+,22?,23+,25-,26-,27?,28-,29+/m1/s1. The van der Waals surface area contributed by atoms with E-state index in [0.29, 0.717) is 37.5 Å². The van der Waals surface area contributed by atoms with Crippen molar-refractivity contribution in [3.63, 3.8) is 0 Å². The van der Waals surface area contributed by atoms with Gasteiger partial charge in [0.15, 0.2) is 0 Å². The molecule has 5 aliphatic rings. The van der Waals surface area contributed by atoms with E-state index in [4.69, 9.17) is 0 Å². The third-order valence-corrected chi connectivity index (χ3v) is 13.8. The molecule has 2 unspecified atom stereocenters. The maximum Gasteiger partial charge on any atom is 0.310 e. The molecule has 0 aromatic rings. The Bertz CT molecular complexity index is 969. The molecule has 6 nitrogen and oxygen atoms in total. The lowest BCUT2D eigenvalue weighted by molar-refractivity contribution is -0.405. The monoisotopic (exact) mass is 504 g/mol. The molecule has 5 N–H and O–H groups in total. The average molecular weight is 505 g/mol. The molecule has 0 aromatic heterocycles. The Labute approximate surface area is 216 Å². The van der Waals surface area contributed by atoms with E-state index in [1.807, 2.05) is 0 Å². The van der Waals surface area contributed by atoms with Crippen molar-refractivity contribution >= 4 is 5.97 Å². The summed E-state index contributed by atoms with van der Waals surface area (Å²) in [6, 6.07) is 0. The van der Waals surface area contributed by atoms with E-state index in [1.165, 1.54) is 5.57 Å². The molecule has 0 bridgehead atoms. The van der Waals surface area contributed by atoms with Crippen LogP contribution in [0.2, 0.25) is 0 Å². The minimum atomic E-state index is -2.80. The topological polar surface area (TPSA) is 118 Å². The van der Waals surface area contributed by atoms with Crippen molar-refractivity contribution in [1.29, 1.82) is 0 Å². The molecule has 0 aromatic carbocycles. The maximum absolute atomic E-state index is 12.8. The predicted octanol–water partition coefficient (Wildman–Crippen LogP) is 4.70. The number of carbonyl (C=O) groups is 1. The highest BCUT2D eigenvalue weighted by molar-refractivity contribution is 5.76. The number of carboxylic acids is 1. The molecular formula is C30H48O6. The summed E-state index contributed by atoms with van der Waals surface area (Å²) < 4.78 is 0. The van der Waals surface area contributed by atoms with Crippen molar-refractivity contribution in [2.75, 3.05) is 0 Å². The fraction of sp³-hybridized carbons (Fsp3) is 0.900. The Balaban J connectivity index is 1.64. The van der Waals surface area contributed by atoms with Gasteiger partial charge in [0, 0.05) is 5.41 Å². The first-order valence-corrected chi connectivity index (χ1v) is 14.3. The maximum atomic E-state index is 12.8. The highest BCUT2D eigenvalue weighted by atomic mass is 16.7. The third kappa shape index (κ3) is 2.96. The van der Waals surface area contributed by atoms with Gasteiger partial charge < -0.3 is 25.5 Å². The highest BCUT2D eigenvalue weighted by Gasteiger charge is 2.72. The SMILES string of the molecule is C[C@H]1[C@H](C)CC[C@]2(C(=O)O)CC[C@]3(C)C(=CC[C@@H]4[C@@]5(C)C(O)CCC(C)(C(O)(O)O)[C@@H]5CC[C@]43C)[C@H]12. The van der Waals surface area contributed by atoms with Gasteiger partial charge in [-0.25, -0.2) is 0 Å². The van der Waals surface area contributed by atoms with E-state index in [2.05, 4.69) is 40.7 Å². The lowest BCUT2D eigenvalue weighted by Gasteiger charge is -2.72. The van der Waals surface area contributed by atoms with Gasteiger partial charge in [-0.1, -0.05) is 53.2 Å². The average Bonchev–Trinajstić information content (AvgIpc) is 2.78. The molecule has 36 heavy (non-hydrogen) atoms. The summed E-state index contributed by atoms with van der Waals surface area (Å²) in [6.45, 7) is 13.1. The van der Waals surface area contributed by atoms with Crippen LogP contribution in [0.4, 0.5) is 0 Å². The van der Waals surface area contributed by atoms with Crippen molar-refractivity contribution in [3.8, 4) is 0 Å². The van der Waals surface area contributed by atoms with Crippen LogP contribution in [0.25, 0.3) is 0 Å². The molecule has 0 amide bonds. The zero-order valence-electron chi connectivity index (χ0n) is 23.0. The van der Waals surface area contributed by atoms with Crippen LogP contribution in [0.1, 0.15) is 99.3 Å². The minimum Gasteiger partial charge on any atom is -0.481 e. The van der Waals surface area contributed by atoms with Gasteiger partial charge in [0.25, 0.3) is 5.97 Å². The van der Waals surface area contributed by atoms with Gasteiger partial charge in [-0.05, 0) is 98.2 Å². The zero-order valence-corrected chi connectivity index (χ0v) is 23.0. The van der Waals surface area contributed by atoms with Crippen molar-refractivity contribution in [3.05, 3.63) is 11.6 Å². The molecule has 204 valence electrons. The molecule has 0 spiro atoms. The first kappa shape index (κ1) is 26.6. The van der Waals surface area contributed by atoms with E-state index in [9.17, 15) is 30.3 Å². The van der Waals surface area contributed by atoms with Crippen LogP contribution in [0.5, 0.6) is 0 Å². The van der Waals surface area contributed by atoms with E-state index >= 15 is 0 Å². The lowest BCUT2D eigenvalue weighted by atomic mass is 9.33. The van der Waals surface area contributed by atoms with Crippen molar-refractivity contribution in [2.24, 2.45) is 56.7 Å². The normalized spacial score (nSPS) is 54.9. The van der Waals surface area contributed by atoms with E-state index in [0.717, 1.165) is 32.1 Å². The second kappa shape index (κ2) is 7.80. The lowest BCUT2D eigenvalue weighted by Crippen LogP contribution is -2.69. The molecule has 5 rings (SSSR count). The van der Waals surface area contributed by atoms with E-state index < -0.39 is 34.3 Å². The van der Waals surface area contributed by atoms with Gasteiger partial charge in [-0.2, -0.15) is 0 Å². The largest absolute Gasteiger partial charge is 0.481 e. The summed E-state index contributed by atoms with van der Waals surface area (Å²) in [7, 11) is 0. The second-order valence-electron chi connectivity index (χ2n) is 14.6. The molecule has 0 saturated heterocycles. The fourth-order valence-electron chi connectivity index (χ4n) is 10.9. The van der Waals surface area contributed by atoms with E-state index in [1.54, 1.807) is 6.92 Å². The van der Waals surface area contributed by atoms with Gasteiger partial charge >= 0.3 is 5.97 Å². The summed E-state index contributed by atoms with van der Waals surface area (Å²) in [4.78, 5) is 12.8. The Morgan fingerprint density at radius 3 is 2.19 bits per heavy atom. The Morgan fingerprint density at radius 1 is 0.917 bits per heavy atom. The molecular weight excluding hydrogens is 456 g/mol. The second-order valence-corrected chi connectivity index (χ2v) is 14.6. The van der Waals surface area contributed by atoms with Crippen molar-refractivity contribution in [2.45, 2.75) is 111 Å². The summed E-state index contributed by atoms with van der Waals surface area (Å²) >= 11 is 0. The quantitative estimate of drug-likeness (QED) is 0.275. The number of aliphatic hydroxyl groups excluding tert-OH is 1. The van der Waals surface area contributed by atoms with Crippen LogP contribution >= 0.6 is 0 Å². The number of rotatable bonds is 2. The highest BCUT2D eigenvalue weighted by Crippen LogP contribution is 2.76. The summed E-state index contributed by atoms with van der Waals surface area (Å²) in [5.41, 5.74) is -1.39. The zero-order chi connectivity index (χ0) is 26.7. The summed E-state index contributed by atoms with van der Waals surface area (Å²) in [5, 5.41) is 53.5.